The molecule has 2 aromatic rings. The number of nitrogens with zero attached hydrogens (tertiary/aromatic N) is 1. The number of carbonyl (C=O) groups excluding carboxylic acids is 3. The highest BCUT2D eigenvalue weighted by atomic mass is 16.2. The Labute approximate surface area is 164 Å². The van der Waals surface area contributed by atoms with Gasteiger partial charge in [-0.05, 0) is 31.2 Å². The van der Waals surface area contributed by atoms with Crippen molar-refractivity contribution >= 4 is 29.1 Å². The van der Waals surface area contributed by atoms with Crippen LogP contribution in [0.1, 0.15) is 22.3 Å². The van der Waals surface area contributed by atoms with Crippen LogP contribution in [0.2, 0.25) is 0 Å². The van der Waals surface area contributed by atoms with Crippen molar-refractivity contribution in [2.45, 2.75) is 13.3 Å². The molecule has 1 heterocycles. The lowest BCUT2D eigenvalue weighted by Gasteiger charge is -2.17. The first-order valence-corrected chi connectivity index (χ1v) is 9.15. The Bertz CT molecular complexity index is 905. The number of amides is 3. The molecule has 2 N–H and O–H groups in total. The average Bonchev–Trinajstić information content (AvgIpc) is 3.09. The zero-order valence-corrected chi connectivity index (χ0v) is 15.8. The monoisotopic (exact) mass is 377 g/mol. The van der Waals surface area contributed by atoms with Crippen molar-refractivity contribution in [1.29, 1.82) is 0 Å². The number of para-hydroxylation sites is 1. The highest BCUT2D eigenvalue weighted by molar-refractivity contribution is 6.07. The van der Waals surface area contributed by atoms with Crippen LogP contribution in [0.3, 0.4) is 0 Å². The average molecular weight is 377 g/mol. The van der Waals surface area contributed by atoms with Crippen LogP contribution in [0.25, 0.3) is 0 Å². The number of carbonyl (C=O) groups is 3. The minimum atomic E-state index is -0.474. The van der Waals surface area contributed by atoms with Crippen molar-refractivity contribution in [3.63, 3.8) is 0 Å². The molecule has 6 heteroatoms. The molecule has 0 unspecified atom stereocenters. The van der Waals surface area contributed by atoms with E-state index in [1.165, 1.54) is 0 Å². The van der Waals surface area contributed by atoms with Gasteiger partial charge in [-0.25, -0.2) is 0 Å². The number of hydrogen-bond acceptors (Lipinski definition) is 3. The van der Waals surface area contributed by atoms with Crippen molar-refractivity contribution in [2.24, 2.45) is 5.92 Å². The van der Waals surface area contributed by atoms with E-state index in [0.29, 0.717) is 24.3 Å². The quantitative estimate of drug-likeness (QED) is 0.760. The normalized spacial score (nSPS) is 16.0. The largest absolute Gasteiger partial charge is 0.349 e. The van der Waals surface area contributed by atoms with E-state index in [1.807, 2.05) is 31.2 Å². The van der Waals surface area contributed by atoms with Crippen LogP contribution in [0.5, 0.6) is 0 Å². The molecule has 3 rings (SSSR count). The van der Waals surface area contributed by atoms with Gasteiger partial charge >= 0.3 is 0 Å². The summed E-state index contributed by atoms with van der Waals surface area (Å²) in [7, 11) is 0. The van der Waals surface area contributed by atoms with E-state index in [2.05, 4.69) is 17.2 Å². The summed E-state index contributed by atoms with van der Waals surface area (Å²) in [6.07, 6.45) is 1.73. The Balaban J connectivity index is 1.70. The Morgan fingerprint density at radius 2 is 1.89 bits per heavy atom. The van der Waals surface area contributed by atoms with Gasteiger partial charge in [0.05, 0.1) is 17.2 Å². The molecule has 0 saturated carbocycles. The molecule has 0 aliphatic carbocycles. The summed E-state index contributed by atoms with van der Waals surface area (Å²) < 4.78 is 0. The predicted molar refractivity (Wildman–Crippen MR) is 109 cm³/mol. The van der Waals surface area contributed by atoms with Crippen LogP contribution < -0.4 is 15.5 Å². The van der Waals surface area contributed by atoms with Gasteiger partial charge in [0.2, 0.25) is 11.8 Å². The molecule has 1 atom stereocenters. The van der Waals surface area contributed by atoms with Crippen molar-refractivity contribution in [2.75, 3.05) is 23.3 Å². The van der Waals surface area contributed by atoms with Crippen LogP contribution in [-0.4, -0.2) is 30.8 Å². The summed E-state index contributed by atoms with van der Waals surface area (Å²) in [5.74, 6) is -1.12. The lowest BCUT2D eigenvalue weighted by molar-refractivity contribution is -0.122. The third kappa shape index (κ3) is 4.28. The second-order valence-electron chi connectivity index (χ2n) is 6.77. The third-order valence-electron chi connectivity index (χ3n) is 4.68. The smallest absolute Gasteiger partial charge is 0.253 e. The summed E-state index contributed by atoms with van der Waals surface area (Å²) in [5, 5.41) is 5.51. The first-order chi connectivity index (χ1) is 13.5. The summed E-state index contributed by atoms with van der Waals surface area (Å²) in [6.45, 7) is 6.21. The van der Waals surface area contributed by atoms with Gasteiger partial charge in [-0.2, -0.15) is 0 Å². The van der Waals surface area contributed by atoms with Crippen molar-refractivity contribution in [1.82, 2.24) is 5.32 Å². The lowest BCUT2D eigenvalue weighted by Crippen LogP contribution is -2.29. The van der Waals surface area contributed by atoms with E-state index >= 15 is 0 Å². The fourth-order valence-electron chi connectivity index (χ4n) is 3.14. The summed E-state index contributed by atoms with van der Waals surface area (Å²) in [6, 6.07) is 14.4. The minimum absolute atomic E-state index is 0.0824. The molecule has 1 fully saturated rings. The minimum Gasteiger partial charge on any atom is -0.349 e. The van der Waals surface area contributed by atoms with Gasteiger partial charge in [0.15, 0.2) is 0 Å². The van der Waals surface area contributed by atoms with E-state index < -0.39 is 5.92 Å². The summed E-state index contributed by atoms with van der Waals surface area (Å²) in [5.41, 5.74) is 2.69. The molecule has 3 amide bonds. The molecule has 0 bridgehead atoms. The molecule has 1 aliphatic heterocycles. The van der Waals surface area contributed by atoms with Gasteiger partial charge in [-0.3, -0.25) is 14.4 Å². The molecule has 1 saturated heterocycles. The molecule has 0 aromatic heterocycles. The lowest BCUT2D eigenvalue weighted by atomic mass is 10.1. The van der Waals surface area contributed by atoms with Gasteiger partial charge in [-0.15, -0.1) is 6.58 Å². The summed E-state index contributed by atoms with van der Waals surface area (Å²) in [4.78, 5) is 39.0. The number of rotatable bonds is 6. The Morgan fingerprint density at radius 3 is 2.61 bits per heavy atom. The second kappa shape index (κ2) is 8.52. The Morgan fingerprint density at radius 1 is 1.18 bits per heavy atom. The van der Waals surface area contributed by atoms with Gasteiger partial charge in [0, 0.05) is 25.2 Å². The number of aryl methyl sites for hydroxylation is 1. The number of hydrogen-bond donors (Lipinski definition) is 2. The van der Waals surface area contributed by atoms with Crippen LogP contribution in [0.15, 0.2) is 61.2 Å². The van der Waals surface area contributed by atoms with Gasteiger partial charge in [-0.1, -0.05) is 35.9 Å². The van der Waals surface area contributed by atoms with Gasteiger partial charge < -0.3 is 15.5 Å². The summed E-state index contributed by atoms with van der Waals surface area (Å²) >= 11 is 0. The predicted octanol–water partition coefficient (Wildman–Crippen LogP) is 2.90. The van der Waals surface area contributed by atoms with Crippen molar-refractivity contribution < 1.29 is 14.4 Å². The molecular formula is C22H23N3O3. The van der Waals surface area contributed by atoms with Crippen LogP contribution in [0.4, 0.5) is 11.4 Å². The van der Waals surface area contributed by atoms with E-state index in [1.54, 1.807) is 35.2 Å². The van der Waals surface area contributed by atoms with Gasteiger partial charge in [0.25, 0.3) is 5.91 Å². The third-order valence-corrected chi connectivity index (χ3v) is 4.68. The van der Waals surface area contributed by atoms with E-state index in [9.17, 15) is 14.4 Å². The highest BCUT2D eigenvalue weighted by Gasteiger charge is 2.35. The maximum absolute atomic E-state index is 12.7. The van der Waals surface area contributed by atoms with Crippen molar-refractivity contribution in [3.05, 3.63) is 72.3 Å². The van der Waals surface area contributed by atoms with E-state index in [0.717, 1.165) is 11.3 Å². The zero-order valence-electron chi connectivity index (χ0n) is 15.8. The van der Waals surface area contributed by atoms with Crippen molar-refractivity contribution in [3.8, 4) is 0 Å². The van der Waals surface area contributed by atoms with Crippen LogP contribution in [-0.2, 0) is 9.59 Å². The Kier molecular flexibility index (Phi) is 5.89. The number of anilines is 2. The van der Waals surface area contributed by atoms with Crippen LogP contribution >= 0.6 is 0 Å². The fourth-order valence-corrected chi connectivity index (χ4v) is 3.14. The number of benzene rings is 2. The molecule has 2 aromatic carbocycles. The first kappa shape index (κ1) is 19.4. The molecule has 0 radical (unpaired) electrons. The first-order valence-electron chi connectivity index (χ1n) is 9.15. The van der Waals surface area contributed by atoms with Crippen LogP contribution in [0, 0.1) is 12.8 Å². The number of nitrogens with one attached hydrogen (secondary N) is 2. The topological polar surface area (TPSA) is 78.5 Å². The zero-order chi connectivity index (χ0) is 20.1. The standard InChI is InChI=1S/C22H23N3O3/c1-3-12-23-22(28)18-6-4-5-7-19(18)24-21(27)16-13-20(26)25(14-16)17-10-8-15(2)9-11-17/h3-11,16H,1,12-14H2,2H3,(H,23,28)(H,24,27)/t16-/m1/s1. The molecular weight excluding hydrogens is 354 g/mol. The van der Waals surface area contributed by atoms with Gasteiger partial charge in [0.1, 0.15) is 0 Å². The molecule has 28 heavy (non-hydrogen) atoms. The van der Waals surface area contributed by atoms with E-state index in [4.69, 9.17) is 0 Å². The SMILES string of the molecule is C=CCNC(=O)c1ccccc1NC(=O)[C@@H]1CC(=O)N(c2ccc(C)cc2)C1. The van der Waals surface area contributed by atoms with E-state index in [-0.39, 0.29) is 24.1 Å². The molecule has 1 aliphatic rings. The maximum atomic E-state index is 12.7. The second-order valence-corrected chi connectivity index (χ2v) is 6.77. The Hall–Kier alpha value is -3.41. The molecule has 6 nitrogen and oxygen atoms in total. The fraction of sp³-hybridized carbons (Fsp3) is 0.227. The molecule has 144 valence electrons. The molecule has 0 spiro atoms. The highest BCUT2D eigenvalue weighted by Crippen LogP contribution is 2.27. The maximum Gasteiger partial charge on any atom is 0.253 e.